The minimum absolute atomic E-state index is 0. The predicted molar refractivity (Wildman–Crippen MR) is 49.3 cm³/mol. The number of rotatable bonds is 1. The molecule has 0 amide bonds. The maximum Gasteiger partial charge on any atom is 0.163 e. The average molecular weight is 206 g/mol. The van der Waals surface area contributed by atoms with Gasteiger partial charge in [-0.15, -0.1) is 12.4 Å². The van der Waals surface area contributed by atoms with Crippen LogP contribution < -0.4 is 5.32 Å². The summed E-state index contributed by atoms with van der Waals surface area (Å²) in [5, 5.41) is 2.79. The summed E-state index contributed by atoms with van der Waals surface area (Å²) in [5.74, 6) is -0.457. The second kappa shape index (κ2) is 3.60. The molecule has 72 valence electrons. The van der Waals surface area contributed by atoms with Gasteiger partial charge in [-0.1, -0.05) is 18.2 Å². The molecule has 0 aliphatic carbocycles. The zero-order valence-electron chi connectivity index (χ0n) is 6.89. The van der Waals surface area contributed by atoms with Crippen LogP contribution >= 0.6 is 12.4 Å². The van der Waals surface area contributed by atoms with Crippen LogP contribution in [0, 0.1) is 5.82 Å². The van der Waals surface area contributed by atoms with E-state index in [0.717, 1.165) is 0 Å². The van der Waals surface area contributed by atoms with Gasteiger partial charge in [0.15, 0.2) is 5.67 Å². The molecule has 0 atom stereocenters. The molecule has 2 rings (SSSR count). The lowest BCUT2D eigenvalue weighted by molar-refractivity contribution is 0.0847. The molecule has 0 unspecified atom stereocenters. The van der Waals surface area contributed by atoms with Gasteiger partial charge < -0.3 is 5.32 Å². The lowest BCUT2D eigenvalue weighted by Gasteiger charge is -2.35. The molecule has 1 aromatic rings. The fraction of sp³-hybridized carbons (Fsp3) is 0.333. The van der Waals surface area contributed by atoms with E-state index in [1.165, 1.54) is 12.1 Å². The number of alkyl halides is 1. The lowest BCUT2D eigenvalue weighted by atomic mass is 9.90. The van der Waals surface area contributed by atoms with Crippen molar-refractivity contribution in [1.29, 1.82) is 0 Å². The third-order valence-corrected chi connectivity index (χ3v) is 2.17. The van der Waals surface area contributed by atoms with Crippen LogP contribution in [0.5, 0.6) is 0 Å². The second-order valence-corrected chi connectivity index (χ2v) is 3.05. The Morgan fingerprint density at radius 1 is 1.23 bits per heavy atom. The van der Waals surface area contributed by atoms with E-state index in [4.69, 9.17) is 0 Å². The van der Waals surface area contributed by atoms with Gasteiger partial charge in [0.1, 0.15) is 5.82 Å². The van der Waals surface area contributed by atoms with Gasteiger partial charge in [-0.3, -0.25) is 0 Å². The quantitative estimate of drug-likeness (QED) is 0.740. The van der Waals surface area contributed by atoms with E-state index in [2.05, 4.69) is 5.32 Å². The molecule has 1 aliphatic heterocycles. The first kappa shape index (κ1) is 10.4. The zero-order chi connectivity index (χ0) is 8.60. The van der Waals surface area contributed by atoms with E-state index in [1.807, 2.05) is 0 Å². The number of benzene rings is 1. The van der Waals surface area contributed by atoms with Crippen LogP contribution in [0.15, 0.2) is 24.3 Å². The molecule has 1 nitrogen and oxygen atoms in total. The topological polar surface area (TPSA) is 12.0 Å². The molecule has 1 saturated heterocycles. The van der Waals surface area contributed by atoms with Crippen molar-refractivity contribution in [3.8, 4) is 0 Å². The zero-order valence-corrected chi connectivity index (χ0v) is 7.70. The minimum Gasteiger partial charge on any atom is -0.310 e. The van der Waals surface area contributed by atoms with Gasteiger partial charge in [-0.25, -0.2) is 8.78 Å². The third kappa shape index (κ3) is 1.67. The van der Waals surface area contributed by atoms with Crippen molar-refractivity contribution in [2.24, 2.45) is 0 Å². The van der Waals surface area contributed by atoms with Crippen molar-refractivity contribution in [3.05, 3.63) is 35.6 Å². The molecule has 0 bridgehead atoms. The Morgan fingerprint density at radius 2 is 1.85 bits per heavy atom. The highest BCUT2D eigenvalue weighted by atomic mass is 35.5. The summed E-state index contributed by atoms with van der Waals surface area (Å²) < 4.78 is 26.6. The number of halogens is 3. The molecule has 0 aromatic heterocycles. The maximum absolute atomic E-state index is 13.6. The SMILES string of the molecule is Cl.Fc1ccccc1C1(F)CNC1. The first-order valence-electron chi connectivity index (χ1n) is 3.87. The fourth-order valence-electron chi connectivity index (χ4n) is 1.36. The van der Waals surface area contributed by atoms with Gasteiger partial charge in [0, 0.05) is 18.7 Å². The van der Waals surface area contributed by atoms with Gasteiger partial charge in [-0.2, -0.15) is 0 Å². The number of nitrogens with one attached hydrogen (secondary N) is 1. The molecule has 0 radical (unpaired) electrons. The molecule has 1 fully saturated rings. The van der Waals surface area contributed by atoms with Crippen molar-refractivity contribution >= 4 is 12.4 Å². The van der Waals surface area contributed by atoms with Crippen LogP contribution in [0.4, 0.5) is 8.78 Å². The van der Waals surface area contributed by atoms with E-state index in [9.17, 15) is 8.78 Å². The second-order valence-electron chi connectivity index (χ2n) is 3.05. The monoisotopic (exact) mass is 205 g/mol. The maximum atomic E-state index is 13.6. The van der Waals surface area contributed by atoms with Crippen LogP contribution in [-0.4, -0.2) is 13.1 Å². The molecule has 0 spiro atoms. The van der Waals surface area contributed by atoms with Gasteiger partial charge in [-0.05, 0) is 6.07 Å². The standard InChI is InChI=1S/C9H9F2N.ClH/c10-8-4-2-1-3-7(8)9(11)5-12-6-9;/h1-4,12H,5-6H2;1H. The molecular formula is C9H10ClF2N. The highest BCUT2D eigenvalue weighted by molar-refractivity contribution is 5.85. The Hall–Kier alpha value is -0.670. The van der Waals surface area contributed by atoms with E-state index < -0.39 is 11.5 Å². The van der Waals surface area contributed by atoms with Crippen LogP contribution in [0.2, 0.25) is 0 Å². The summed E-state index contributed by atoms with van der Waals surface area (Å²) in [6, 6.07) is 6.00. The lowest BCUT2D eigenvalue weighted by Crippen LogP contribution is -2.54. The van der Waals surface area contributed by atoms with Crippen molar-refractivity contribution in [1.82, 2.24) is 5.32 Å². The first-order valence-corrected chi connectivity index (χ1v) is 3.87. The normalized spacial score (nSPS) is 18.6. The van der Waals surface area contributed by atoms with Crippen molar-refractivity contribution in [2.45, 2.75) is 5.67 Å². The van der Waals surface area contributed by atoms with Crippen LogP contribution in [0.3, 0.4) is 0 Å². The molecule has 0 saturated carbocycles. The van der Waals surface area contributed by atoms with Gasteiger partial charge >= 0.3 is 0 Å². The molecule has 4 heteroatoms. The van der Waals surface area contributed by atoms with E-state index in [1.54, 1.807) is 12.1 Å². The highest BCUT2D eigenvalue weighted by Crippen LogP contribution is 2.31. The van der Waals surface area contributed by atoms with Crippen LogP contribution in [0.1, 0.15) is 5.56 Å². The Labute approximate surface area is 81.6 Å². The fourth-order valence-corrected chi connectivity index (χ4v) is 1.36. The van der Waals surface area contributed by atoms with Crippen molar-refractivity contribution in [2.75, 3.05) is 13.1 Å². The number of hydrogen-bond donors (Lipinski definition) is 1. The van der Waals surface area contributed by atoms with E-state index >= 15 is 0 Å². The Kier molecular flexibility index (Phi) is 2.88. The van der Waals surface area contributed by atoms with E-state index in [-0.39, 0.29) is 31.1 Å². The molecule has 1 heterocycles. The number of hydrogen-bond acceptors (Lipinski definition) is 1. The largest absolute Gasteiger partial charge is 0.310 e. The summed E-state index contributed by atoms with van der Waals surface area (Å²) in [6.45, 7) is 0.432. The smallest absolute Gasteiger partial charge is 0.163 e. The molecule has 1 aromatic carbocycles. The summed E-state index contributed by atoms with van der Waals surface area (Å²) >= 11 is 0. The summed E-state index contributed by atoms with van der Waals surface area (Å²) in [4.78, 5) is 0. The molecule has 13 heavy (non-hydrogen) atoms. The van der Waals surface area contributed by atoms with Crippen LogP contribution in [0.25, 0.3) is 0 Å². The summed E-state index contributed by atoms with van der Waals surface area (Å²) in [5.41, 5.74) is -1.31. The highest BCUT2D eigenvalue weighted by Gasteiger charge is 2.40. The van der Waals surface area contributed by atoms with Gasteiger partial charge in [0.2, 0.25) is 0 Å². The Bertz CT molecular complexity index is 299. The summed E-state index contributed by atoms with van der Waals surface area (Å²) in [6.07, 6.45) is 0. The van der Waals surface area contributed by atoms with Crippen molar-refractivity contribution in [3.63, 3.8) is 0 Å². The molecular weight excluding hydrogens is 196 g/mol. The van der Waals surface area contributed by atoms with Gasteiger partial charge in [0.25, 0.3) is 0 Å². The molecule has 1 aliphatic rings. The predicted octanol–water partition coefficient (Wildman–Crippen LogP) is 2.02. The van der Waals surface area contributed by atoms with Crippen molar-refractivity contribution < 1.29 is 8.78 Å². The van der Waals surface area contributed by atoms with E-state index in [0.29, 0.717) is 0 Å². The van der Waals surface area contributed by atoms with Gasteiger partial charge in [0.05, 0.1) is 0 Å². The summed E-state index contributed by atoms with van der Waals surface area (Å²) in [7, 11) is 0. The first-order chi connectivity index (χ1) is 5.72. The minimum atomic E-state index is -1.48. The Morgan fingerprint density at radius 3 is 2.31 bits per heavy atom. The average Bonchev–Trinajstić information content (AvgIpc) is 2.01. The third-order valence-electron chi connectivity index (χ3n) is 2.17. The Balaban J connectivity index is 0.000000845. The van der Waals surface area contributed by atoms with Crippen LogP contribution in [-0.2, 0) is 5.67 Å². The molecule has 1 N–H and O–H groups in total.